The molecule has 100 valence electrons. The van der Waals surface area contributed by atoms with Crippen molar-refractivity contribution in [2.75, 3.05) is 0 Å². The monoisotopic (exact) mass is 278 g/mol. The van der Waals surface area contributed by atoms with Gasteiger partial charge in [0.25, 0.3) is 0 Å². The quantitative estimate of drug-likeness (QED) is 0.746. The summed E-state index contributed by atoms with van der Waals surface area (Å²) in [7, 11) is -0.861. The van der Waals surface area contributed by atoms with E-state index in [1.807, 2.05) is 6.07 Å². The zero-order chi connectivity index (χ0) is 13.6. The number of benzene rings is 2. The Morgan fingerprint density at radius 1 is 0.850 bits per heavy atom. The Morgan fingerprint density at radius 3 is 2.20 bits per heavy atom. The molecular formula is C18H18OSi. The Kier molecular flexibility index (Phi) is 4.24. The predicted molar refractivity (Wildman–Crippen MR) is 86.9 cm³/mol. The summed E-state index contributed by atoms with van der Waals surface area (Å²) in [6, 6.07) is 22.1. The second kappa shape index (κ2) is 6.48. The molecule has 2 aromatic carbocycles. The molecule has 0 radical (unpaired) electrons. The van der Waals surface area contributed by atoms with E-state index >= 15 is 0 Å². The summed E-state index contributed by atoms with van der Waals surface area (Å²) in [4.78, 5) is 0. The van der Waals surface area contributed by atoms with Crippen LogP contribution in [0.5, 0.6) is 0 Å². The molecule has 2 heteroatoms. The minimum Gasteiger partial charge on any atom is -0.520 e. The van der Waals surface area contributed by atoms with E-state index < -0.39 is 8.65 Å². The molecule has 1 saturated heterocycles. The minimum absolute atomic E-state index is 0.861. The van der Waals surface area contributed by atoms with Crippen LogP contribution in [0.2, 0.25) is 6.04 Å². The van der Waals surface area contributed by atoms with Crippen LogP contribution in [0.1, 0.15) is 24.0 Å². The van der Waals surface area contributed by atoms with Crippen LogP contribution in [-0.2, 0) is 4.43 Å². The lowest BCUT2D eigenvalue weighted by atomic mass is 10.1. The van der Waals surface area contributed by atoms with E-state index in [-0.39, 0.29) is 0 Å². The summed E-state index contributed by atoms with van der Waals surface area (Å²) in [6.45, 7) is 0. The number of hydrogen-bond acceptors (Lipinski definition) is 1. The molecular weight excluding hydrogens is 260 g/mol. The summed E-state index contributed by atoms with van der Waals surface area (Å²) < 4.78 is 6.20. The molecule has 1 nitrogen and oxygen atoms in total. The van der Waals surface area contributed by atoms with E-state index in [2.05, 4.69) is 66.3 Å². The highest BCUT2D eigenvalue weighted by atomic mass is 28.3. The van der Waals surface area contributed by atoms with Crippen molar-refractivity contribution in [2.45, 2.75) is 18.9 Å². The molecule has 2 aromatic rings. The van der Waals surface area contributed by atoms with E-state index in [1.165, 1.54) is 23.6 Å². The van der Waals surface area contributed by atoms with Gasteiger partial charge in [0.05, 0.1) is 5.76 Å². The van der Waals surface area contributed by atoms with Gasteiger partial charge in [-0.05, 0) is 35.3 Å². The van der Waals surface area contributed by atoms with Gasteiger partial charge in [-0.15, -0.1) is 0 Å². The lowest BCUT2D eigenvalue weighted by Gasteiger charge is -2.19. The topological polar surface area (TPSA) is 9.23 Å². The van der Waals surface area contributed by atoms with Crippen molar-refractivity contribution in [2.24, 2.45) is 0 Å². The highest BCUT2D eigenvalue weighted by molar-refractivity contribution is 6.63. The zero-order valence-electron chi connectivity index (χ0n) is 11.5. The fourth-order valence-corrected chi connectivity index (χ4v) is 4.27. The van der Waals surface area contributed by atoms with Gasteiger partial charge < -0.3 is 4.43 Å². The van der Waals surface area contributed by atoms with Crippen LogP contribution >= 0.6 is 0 Å². The SMILES string of the molecule is C(=C1CCC[Si](=Cc2ccccc2)O1)c1ccccc1. The van der Waals surface area contributed by atoms with Gasteiger partial charge in [0, 0.05) is 6.42 Å². The van der Waals surface area contributed by atoms with Crippen LogP contribution in [0.25, 0.3) is 6.08 Å². The molecule has 1 fully saturated rings. The van der Waals surface area contributed by atoms with Crippen molar-refractivity contribution in [1.29, 1.82) is 0 Å². The summed E-state index contributed by atoms with van der Waals surface area (Å²) in [5, 5.41) is 0. The van der Waals surface area contributed by atoms with Crippen molar-refractivity contribution in [3.63, 3.8) is 0 Å². The van der Waals surface area contributed by atoms with E-state index in [0.717, 1.165) is 12.2 Å². The molecule has 0 unspecified atom stereocenters. The molecule has 0 saturated carbocycles. The summed E-state index contributed by atoms with van der Waals surface area (Å²) in [5.41, 5.74) is 4.83. The number of hydrogen-bond donors (Lipinski definition) is 0. The molecule has 0 atom stereocenters. The number of allylic oxidation sites excluding steroid dienone is 1. The Bertz CT molecular complexity index is 559. The first-order valence-electron chi connectivity index (χ1n) is 7.09. The van der Waals surface area contributed by atoms with E-state index in [1.54, 1.807) is 0 Å². The van der Waals surface area contributed by atoms with Crippen molar-refractivity contribution >= 4 is 20.4 Å². The fourth-order valence-electron chi connectivity index (χ4n) is 2.38. The highest BCUT2D eigenvalue weighted by Crippen LogP contribution is 2.20. The molecule has 1 aliphatic heterocycles. The predicted octanol–water partition coefficient (Wildman–Crippen LogP) is 4.26. The highest BCUT2D eigenvalue weighted by Gasteiger charge is 2.13. The van der Waals surface area contributed by atoms with Crippen LogP contribution in [0, 0.1) is 0 Å². The third-order valence-corrected chi connectivity index (χ3v) is 5.39. The first-order chi connectivity index (χ1) is 9.90. The lowest BCUT2D eigenvalue weighted by Crippen LogP contribution is -2.16. The first kappa shape index (κ1) is 13.1. The summed E-state index contributed by atoms with van der Waals surface area (Å²) in [6.07, 6.45) is 4.48. The number of rotatable bonds is 2. The van der Waals surface area contributed by atoms with Crippen LogP contribution in [-0.4, -0.2) is 14.3 Å². The van der Waals surface area contributed by atoms with Gasteiger partial charge in [-0.2, -0.15) is 0 Å². The molecule has 0 aromatic heterocycles. The normalized spacial score (nSPS) is 19.0. The van der Waals surface area contributed by atoms with Crippen molar-refractivity contribution in [3.8, 4) is 0 Å². The van der Waals surface area contributed by atoms with Gasteiger partial charge in [-0.3, -0.25) is 0 Å². The summed E-state index contributed by atoms with van der Waals surface area (Å²) in [5.74, 6) is 1.14. The van der Waals surface area contributed by atoms with E-state index in [0.29, 0.717) is 0 Å². The van der Waals surface area contributed by atoms with Crippen LogP contribution < -0.4 is 0 Å². The van der Waals surface area contributed by atoms with E-state index in [4.69, 9.17) is 4.43 Å². The Morgan fingerprint density at radius 2 is 1.50 bits per heavy atom. The second-order valence-corrected chi connectivity index (χ2v) is 6.92. The van der Waals surface area contributed by atoms with Gasteiger partial charge >= 0.3 is 0 Å². The van der Waals surface area contributed by atoms with Gasteiger partial charge in [0.15, 0.2) is 0 Å². The lowest BCUT2D eigenvalue weighted by molar-refractivity contribution is 0.402. The van der Waals surface area contributed by atoms with Gasteiger partial charge in [0.2, 0.25) is 8.65 Å². The van der Waals surface area contributed by atoms with Gasteiger partial charge in [0.1, 0.15) is 0 Å². The van der Waals surface area contributed by atoms with E-state index in [9.17, 15) is 0 Å². The standard InChI is InChI=1S/C18H18OSi/c1-3-8-16(9-4-1)14-18-12-7-13-20(19-18)15-17-10-5-2-6-11-17/h1-6,8-11,14-15H,7,12-13H2. The zero-order valence-corrected chi connectivity index (χ0v) is 12.5. The Balaban J connectivity index is 1.77. The average molecular weight is 278 g/mol. The molecule has 3 rings (SSSR count). The fraction of sp³-hybridized carbons (Fsp3) is 0.167. The van der Waals surface area contributed by atoms with Gasteiger partial charge in [-0.1, -0.05) is 60.7 Å². The first-order valence-corrected chi connectivity index (χ1v) is 8.78. The Hall–Kier alpha value is -1.93. The molecule has 1 heterocycles. The van der Waals surface area contributed by atoms with Crippen molar-refractivity contribution < 1.29 is 4.43 Å². The smallest absolute Gasteiger partial charge is 0.240 e. The summed E-state index contributed by atoms with van der Waals surface area (Å²) >= 11 is 0. The van der Waals surface area contributed by atoms with Crippen molar-refractivity contribution in [3.05, 3.63) is 77.5 Å². The molecule has 20 heavy (non-hydrogen) atoms. The Labute approximate surface area is 121 Å². The molecule has 0 aliphatic carbocycles. The molecule has 0 spiro atoms. The molecule has 1 aliphatic rings. The van der Waals surface area contributed by atoms with Crippen LogP contribution in [0.3, 0.4) is 0 Å². The second-order valence-electron chi connectivity index (χ2n) is 5.00. The van der Waals surface area contributed by atoms with Crippen LogP contribution in [0.4, 0.5) is 0 Å². The van der Waals surface area contributed by atoms with Gasteiger partial charge in [-0.25, -0.2) is 0 Å². The third-order valence-electron chi connectivity index (χ3n) is 3.36. The third kappa shape index (κ3) is 3.55. The molecule has 0 N–H and O–H groups in total. The molecule has 0 bridgehead atoms. The largest absolute Gasteiger partial charge is 0.520 e. The molecule has 0 amide bonds. The minimum atomic E-state index is -0.861. The van der Waals surface area contributed by atoms with Crippen molar-refractivity contribution in [1.82, 2.24) is 0 Å². The van der Waals surface area contributed by atoms with Crippen LogP contribution in [0.15, 0.2) is 66.4 Å². The maximum Gasteiger partial charge on any atom is 0.240 e. The maximum absolute atomic E-state index is 6.20. The maximum atomic E-state index is 6.20. The average Bonchev–Trinajstić information content (AvgIpc) is 2.50.